The van der Waals surface area contributed by atoms with Gasteiger partial charge in [0.05, 0.1) is 5.56 Å². The molecule has 1 fully saturated rings. The molecular weight excluding hydrogens is 254 g/mol. The number of carbonyl (C=O) groups excluding carboxylic acids is 1. The minimum absolute atomic E-state index is 0.171. The van der Waals surface area contributed by atoms with E-state index in [1.807, 2.05) is 0 Å². The normalized spacial score (nSPS) is 22.5. The molecule has 0 saturated heterocycles. The van der Waals surface area contributed by atoms with Crippen LogP contribution in [0.25, 0.3) is 0 Å². The molecule has 4 heteroatoms. The van der Waals surface area contributed by atoms with Crippen LogP contribution in [0.4, 0.5) is 0 Å². The monoisotopic (exact) mass is 277 g/mol. The van der Waals surface area contributed by atoms with Crippen LogP contribution in [0.15, 0.2) is 18.2 Å². The summed E-state index contributed by atoms with van der Waals surface area (Å²) in [7, 11) is 1.78. The maximum Gasteiger partial charge on any atom is 0.257 e. The van der Waals surface area contributed by atoms with Crippen LogP contribution in [0.2, 0.25) is 0 Å². The second-order valence-electron chi connectivity index (χ2n) is 5.67. The average molecular weight is 277 g/mol. The summed E-state index contributed by atoms with van der Waals surface area (Å²) < 4.78 is 0. The van der Waals surface area contributed by atoms with Gasteiger partial charge < -0.3 is 15.1 Å². The molecule has 1 aromatic carbocycles. The molecule has 0 radical (unpaired) electrons. The molecule has 0 aromatic heterocycles. The van der Waals surface area contributed by atoms with E-state index in [2.05, 4.69) is 6.92 Å². The van der Waals surface area contributed by atoms with E-state index in [1.54, 1.807) is 24.1 Å². The maximum absolute atomic E-state index is 12.4. The Balaban J connectivity index is 2.07. The molecule has 0 unspecified atom stereocenters. The zero-order valence-corrected chi connectivity index (χ0v) is 12.2. The molecule has 4 nitrogen and oxygen atoms in total. The third-order valence-corrected chi connectivity index (χ3v) is 4.51. The molecule has 0 bridgehead atoms. The number of benzene rings is 1. The summed E-state index contributed by atoms with van der Waals surface area (Å²) in [5.74, 6) is -0.0205. The van der Waals surface area contributed by atoms with E-state index in [0.29, 0.717) is 0 Å². The van der Waals surface area contributed by atoms with Crippen molar-refractivity contribution in [2.24, 2.45) is 5.92 Å². The standard InChI is InChI=1S/C16H23NO3/c1-3-11-7-9-12(10-8-11)17(2)16(20)13-5-4-6-14(18)15(13)19/h4-6,11-12,18-19H,3,7-10H2,1-2H3. The van der Waals surface area contributed by atoms with Gasteiger partial charge >= 0.3 is 0 Å². The Kier molecular flexibility index (Phi) is 4.53. The molecule has 1 aliphatic rings. The molecule has 1 saturated carbocycles. The second kappa shape index (κ2) is 6.16. The fourth-order valence-corrected chi connectivity index (χ4v) is 3.00. The molecule has 1 amide bonds. The Bertz CT molecular complexity index is 479. The van der Waals surface area contributed by atoms with E-state index in [-0.39, 0.29) is 29.0 Å². The van der Waals surface area contributed by atoms with Crippen molar-refractivity contribution < 1.29 is 15.0 Å². The molecule has 1 aliphatic carbocycles. The summed E-state index contributed by atoms with van der Waals surface area (Å²) in [5, 5.41) is 19.3. The predicted octanol–water partition coefficient (Wildman–Crippen LogP) is 3.14. The number of phenols is 2. The molecule has 2 rings (SSSR count). The lowest BCUT2D eigenvalue weighted by molar-refractivity contribution is 0.0671. The van der Waals surface area contributed by atoms with E-state index in [4.69, 9.17) is 0 Å². The maximum atomic E-state index is 12.4. The number of nitrogens with zero attached hydrogens (tertiary/aromatic N) is 1. The zero-order valence-electron chi connectivity index (χ0n) is 12.2. The van der Waals surface area contributed by atoms with Crippen molar-refractivity contribution in [3.05, 3.63) is 23.8 Å². The van der Waals surface area contributed by atoms with Crippen LogP contribution in [0.1, 0.15) is 49.4 Å². The van der Waals surface area contributed by atoms with Gasteiger partial charge in [-0.05, 0) is 43.7 Å². The fraction of sp³-hybridized carbons (Fsp3) is 0.562. The van der Waals surface area contributed by atoms with Crippen molar-refractivity contribution in [1.82, 2.24) is 4.90 Å². The molecule has 0 atom stereocenters. The Morgan fingerprint density at radius 2 is 1.90 bits per heavy atom. The number of phenolic OH excluding ortho intramolecular Hbond substituents is 2. The van der Waals surface area contributed by atoms with Crippen molar-refractivity contribution in [1.29, 1.82) is 0 Å². The highest BCUT2D eigenvalue weighted by Gasteiger charge is 2.27. The van der Waals surface area contributed by atoms with Crippen molar-refractivity contribution in [2.45, 2.75) is 45.1 Å². The number of amides is 1. The van der Waals surface area contributed by atoms with Gasteiger partial charge in [0.25, 0.3) is 5.91 Å². The minimum Gasteiger partial charge on any atom is -0.504 e. The molecular formula is C16H23NO3. The number of rotatable bonds is 3. The largest absolute Gasteiger partial charge is 0.504 e. The molecule has 0 heterocycles. The van der Waals surface area contributed by atoms with Crippen molar-refractivity contribution >= 4 is 5.91 Å². The minimum atomic E-state index is -0.327. The van der Waals surface area contributed by atoms with Crippen molar-refractivity contribution in [3.8, 4) is 11.5 Å². The van der Waals surface area contributed by atoms with Crippen LogP contribution in [0, 0.1) is 5.92 Å². The van der Waals surface area contributed by atoms with Crippen molar-refractivity contribution in [3.63, 3.8) is 0 Å². The summed E-state index contributed by atoms with van der Waals surface area (Å²) >= 11 is 0. The van der Waals surface area contributed by atoms with Crippen molar-refractivity contribution in [2.75, 3.05) is 7.05 Å². The third-order valence-electron chi connectivity index (χ3n) is 4.51. The van der Waals surface area contributed by atoms with Crippen LogP contribution >= 0.6 is 0 Å². The molecule has 1 aromatic rings. The first-order valence-corrected chi connectivity index (χ1v) is 7.32. The number of aromatic hydroxyl groups is 2. The van der Waals surface area contributed by atoms with Gasteiger partial charge in [0.15, 0.2) is 11.5 Å². The summed E-state index contributed by atoms with van der Waals surface area (Å²) in [5.41, 5.74) is 0.171. The van der Waals surface area contributed by atoms with Gasteiger partial charge in [-0.2, -0.15) is 0 Å². The topological polar surface area (TPSA) is 60.8 Å². The van der Waals surface area contributed by atoms with Gasteiger partial charge in [-0.15, -0.1) is 0 Å². The first kappa shape index (κ1) is 14.7. The Labute approximate surface area is 120 Å². The Morgan fingerprint density at radius 3 is 2.50 bits per heavy atom. The smallest absolute Gasteiger partial charge is 0.257 e. The van der Waals surface area contributed by atoms with Crippen LogP contribution in [0.3, 0.4) is 0 Å². The molecule has 110 valence electrons. The Morgan fingerprint density at radius 1 is 1.25 bits per heavy atom. The van der Waals surface area contributed by atoms with E-state index in [1.165, 1.54) is 12.5 Å². The third kappa shape index (κ3) is 2.89. The van der Waals surface area contributed by atoms with Gasteiger partial charge in [0.1, 0.15) is 0 Å². The summed E-state index contributed by atoms with van der Waals surface area (Å²) in [4.78, 5) is 14.1. The lowest BCUT2D eigenvalue weighted by atomic mass is 9.84. The van der Waals surface area contributed by atoms with Gasteiger partial charge in [0.2, 0.25) is 0 Å². The van der Waals surface area contributed by atoms with Gasteiger partial charge in [0, 0.05) is 13.1 Å². The average Bonchev–Trinajstić information content (AvgIpc) is 2.48. The molecule has 20 heavy (non-hydrogen) atoms. The summed E-state index contributed by atoms with van der Waals surface area (Å²) in [6.07, 6.45) is 5.55. The number of para-hydroxylation sites is 1. The summed E-state index contributed by atoms with van der Waals surface area (Å²) in [6.45, 7) is 2.21. The van der Waals surface area contributed by atoms with E-state index in [9.17, 15) is 15.0 Å². The van der Waals surface area contributed by atoms with E-state index in [0.717, 1.165) is 31.6 Å². The van der Waals surface area contributed by atoms with Crippen LogP contribution < -0.4 is 0 Å². The highest BCUT2D eigenvalue weighted by atomic mass is 16.3. The lowest BCUT2D eigenvalue weighted by Crippen LogP contribution is -2.39. The quantitative estimate of drug-likeness (QED) is 0.834. The molecule has 2 N–H and O–H groups in total. The highest BCUT2D eigenvalue weighted by Crippen LogP contribution is 2.32. The van der Waals surface area contributed by atoms with Gasteiger partial charge in [-0.25, -0.2) is 0 Å². The predicted molar refractivity (Wildman–Crippen MR) is 77.9 cm³/mol. The number of hydrogen-bond donors (Lipinski definition) is 2. The Hall–Kier alpha value is -1.71. The molecule has 0 aliphatic heterocycles. The number of hydrogen-bond acceptors (Lipinski definition) is 3. The van der Waals surface area contributed by atoms with Crippen LogP contribution in [0.5, 0.6) is 11.5 Å². The number of carbonyl (C=O) groups is 1. The fourth-order valence-electron chi connectivity index (χ4n) is 3.00. The second-order valence-corrected chi connectivity index (χ2v) is 5.67. The summed E-state index contributed by atoms with van der Waals surface area (Å²) in [6, 6.07) is 4.72. The van der Waals surface area contributed by atoms with E-state index < -0.39 is 0 Å². The zero-order chi connectivity index (χ0) is 14.7. The molecule has 0 spiro atoms. The van der Waals surface area contributed by atoms with Crippen LogP contribution in [-0.2, 0) is 0 Å². The van der Waals surface area contributed by atoms with Crippen LogP contribution in [-0.4, -0.2) is 34.1 Å². The first-order valence-electron chi connectivity index (χ1n) is 7.32. The first-order chi connectivity index (χ1) is 9.54. The van der Waals surface area contributed by atoms with Gasteiger partial charge in [-0.3, -0.25) is 4.79 Å². The van der Waals surface area contributed by atoms with Gasteiger partial charge in [-0.1, -0.05) is 19.4 Å². The SMILES string of the molecule is CCC1CCC(N(C)C(=O)c2cccc(O)c2O)CC1. The highest BCUT2D eigenvalue weighted by molar-refractivity contribution is 5.97. The van der Waals surface area contributed by atoms with E-state index >= 15 is 0 Å². The lowest BCUT2D eigenvalue weighted by Gasteiger charge is -2.34.